The summed E-state index contributed by atoms with van der Waals surface area (Å²) in [7, 11) is 0.263. The maximum absolute atomic E-state index is 13.0. The van der Waals surface area contributed by atoms with Crippen molar-refractivity contribution in [2.24, 2.45) is 5.41 Å². The average Bonchev–Trinajstić information content (AvgIpc) is 2.50. The molecule has 22 heavy (non-hydrogen) atoms. The van der Waals surface area contributed by atoms with Crippen LogP contribution in [0, 0.1) is 12.3 Å². The first-order chi connectivity index (χ1) is 10.4. The third-order valence-electron chi connectivity index (χ3n) is 4.01. The predicted octanol–water partition coefficient (Wildman–Crippen LogP) is 5.42. The van der Waals surface area contributed by atoms with Gasteiger partial charge in [0.2, 0.25) is 5.78 Å². The van der Waals surface area contributed by atoms with E-state index in [1.807, 2.05) is 26.0 Å². The number of aryl methyl sites for hydroxylation is 1. The summed E-state index contributed by atoms with van der Waals surface area (Å²) >= 11 is 0. The van der Waals surface area contributed by atoms with Crippen LogP contribution >= 0.6 is 0 Å². The molecule has 0 aromatic heterocycles. The Morgan fingerprint density at radius 1 is 1.00 bits per heavy atom. The second-order valence-corrected chi connectivity index (χ2v) is 9.35. The van der Waals surface area contributed by atoms with Crippen LogP contribution in [-0.2, 0) is 10.9 Å². The van der Waals surface area contributed by atoms with Gasteiger partial charge in [-0.05, 0) is 37.1 Å². The normalized spacial score (nSPS) is 17.4. The monoisotopic (exact) mass is 321 g/mol. The topological polar surface area (TPSA) is 17.1 Å². The summed E-state index contributed by atoms with van der Waals surface area (Å²) in [5.41, 5.74) is 2.17. The molecule has 0 amide bonds. The molecule has 2 heteroatoms. The number of rotatable bonds is 3. The molecule has 1 aliphatic heterocycles. The molecule has 1 fully saturated rings. The Balaban J connectivity index is 0.00000116. The minimum atomic E-state index is 0.0580. The van der Waals surface area contributed by atoms with Crippen molar-refractivity contribution in [3.8, 4) is 0 Å². The molecule has 0 radical (unpaired) electrons. The molecule has 1 heterocycles. The molecule has 0 bridgehead atoms. The van der Waals surface area contributed by atoms with Gasteiger partial charge in [-0.3, -0.25) is 4.79 Å². The van der Waals surface area contributed by atoms with Gasteiger partial charge >= 0.3 is 0 Å². The van der Waals surface area contributed by atoms with Crippen LogP contribution in [0.25, 0.3) is 0 Å². The highest BCUT2D eigenvalue weighted by Gasteiger charge is 2.45. The summed E-state index contributed by atoms with van der Waals surface area (Å²) < 4.78 is 0. The van der Waals surface area contributed by atoms with E-state index in [0.717, 1.165) is 5.56 Å². The highest BCUT2D eigenvalue weighted by Crippen LogP contribution is 2.33. The summed E-state index contributed by atoms with van der Waals surface area (Å²) in [6, 6.07) is 8.11. The van der Waals surface area contributed by atoms with Gasteiger partial charge < -0.3 is 0 Å². The predicted molar refractivity (Wildman–Crippen MR) is 101 cm³/mol. The Kier molecular flexibility index (Phi) is 7.68. The Morgan fingerprint density at radius 3 is 1.95 bits per heavy atom. The van der Waals surface area contributed by atoms with E-state index in [0.29, 0.717) is 5.78 Å². The highest BCUT2D eigenvalue weighted by molar-refractivity contribution is 7.98. The van der Waals surface area contributed by atoms with Crippen LogP contribution in [0.4, 0.5) is 0 Å². The molecule has 1 nitrogen and oxygen atoms in total. The SMILES string of the molecule is CC.Cc1ccc(C(=O)C([S+]2CCCCC2)C(C)(C)C)cc1. The molecule has 1 atom stereocenters. The minimum absolute atomic E-state index is 0.0580. The Hall–Kier alpha value is -0.760. The van der Waals surface area contributed by atoms with Crippen LogP contribution in [0.5, 0.6) is 0 Å². The highest BCUT2D eigenvalue weighted by atomic mass is 32.2. The fourth-order valence-corrected chi connectivity index (χ4v) is 6.27. The van der Waals surface area contributed by atoms with Crippen molar-refractivity contribution in [2.45, 2.75) is 66.1 Å². The molecule has 1 unspecified atom stereocenters. The molecule has 1 aromatic carbocycles. The van der Waals surface area contributed by atoms with Gasteiger partial charge in [-0.2, -0.15) is 0 Å². The van der Waals surface area contributed by atoms with Crippen LogP contribution in [-0.4, -0.2) is 22.5 Å². The zero-order chi connectivity index (χ0) is 16.8. The average molecular weight is 322 g/mol. The maximum Gasteiger partial charge on any atom is 0.215 e. The number of hydrogen-bond donors (Lipinski definition) is 0. The summed E-state index contributed by atoms with van der Waals surface area (Å²) in [6.45, 7) is 12.8. The van der Waals surface area contributed by atoms with Gasteiger partial charge in [0.15, 0.2) is 5.25 Å². The standard InChI is InChI=1S/C18H27OS.C2H6/c1-14-8-10-15(11-9-14)16(19)17(18(2,3)4)20-12-6-5-7-13-20;1-2/h8-11,17H,5-7,12-13H2,1-4H3;1-2H3/q+1;. The van der Waals surface area contributed by atoms with Gasteiger partial charge in [0, 0.05) is 11.0 Å². The van der Waals surface area contributed by atoms with Crippen LogP contribution < -0.4 is 0 Å². The molecule has 124 valence electrons. The van der Waals surface area contributed by atoms with Crippen molar-refractivity contribution in [3.05, 3.63) is 35.4 Å². The summed E-state index contributed by atoms with van der Waals surface area (Å²) in [5.74, 6) is 2.86. The molecule has 0 spiro atoms. The number of carbonyl (C=O) groups is 1. The summed E-state index contributed by atoms with van der Waals surface area (Å²) in [5, 5.41) is 0.186. The van der Waals surface area contributed by atoms with Gasteiger partial charge in [-0.15, -0.1) is 0 Å². The van der Waals surface area contributed by atoms with Gasteiger partial charge in [0.1, 0.15) is 11.5 Å². The van der Waals surface area contributed by atoms with E-state index in [-0.39, 0.29) is 21.6 Å². The molecule has 0 N–H and O–H groups in total. The smallest absolute Gasteiger partial charge is 0.215 e. The fraction of sp³-hybridized carbons (Fsp3) is 0.650. The molecular formula is C20H33OS+. The quantitative estimate of drug-likeness (QED) is 0.536. The molecule has 0 aliphatic carbocycles. The second-order valence-electron chi connectivity index (χ2n) is 6.98. The zero-order valence-electron chi connectivity index (χ0n) is 15.2. The lowest BCUT2D eigenvalue weighted by Gasteiger charge is -2.31. The molecule has 1 aromatic rings. The van der Waals surface area contributed by atoms with Crippen LogP contribution in [0.2, 0.25) is 0 Å². The van der Waals surface area contributed by atoms with E-state index in [1.165, 1.54) is 36.3 Å². The first-order valence-electron chi connectivity index (χ1n) is 8.67. The fourth-order valence-electron chi connectivity index (χ4n) is 3.00. The third kappa shape index (κ3) is 5.15. The lowest BCUT2D eigenvalue weighted by molar-refractivity contribution is 0.0948. The molecule has 0 saturated carbocycles. The van der Waals surface area contributed by atoms with E-state index in [9.17, 15) is 4.79 Å². The Morgan fingerprint density at radius 2 is 1.50 bits per heavy atom. The van der Waals surface area contributed by atoms with Crippen LogP contribution in [0.1, 0.15) is 69.8 Å². The number of ketones is 1. The van der Waals surface area contributed by atoms with Crippen molar-refractivity contribution in [3.63, 3.8) is 0 Å². The van der Waals surface area contributed by atoms with Crippen molar-refractivity contribution in [1.29, 1.82) is 0 Å². The van der Waals surface area contributed by atoms with Gasteiger partial charge in [-0.25, -0.2) is 0 Å². The van der Waals surface area contributed by atoms with E-state index >= 15 is 0 Å². The van der Waals surface area contributed by atoms with Crippen molar-refractivity contribution < 1.29 is 4.79 Å². The molecular weight excluding hydrogens is 288 g/mol. The van der Waals surface area contributed by atoms with Crippen molar-refractivity contribution in [2.75, 3.05) is 11.5 Å². The van der Waals surface area contributed by atoms with Crippen LogP contribution in [0.3, 0.4) is 0 Å². The van der Waals surface area contributed by atoms with E-state index in [2.05, 4.69) is 39.8 Å². The van der Waals surface area contributed by atoms with Gasteiger partial charge in [0.25, 0.3) is 0 Å². The number of carbonyl (C=O) groups excluding carboxylic acids is 1. The Bertz CT molecular complexity index is 450. The second kappa shape index (κ2) is 8.76. The first-order valence-corrected chi connectivity index (χ1v) is 10.3. The van der Waals surface area contributed by atoms with Gasteiger partial charge in [0.05, 0.1) is 0 Å². The minimum Gasteiger partial charge on any atom is -0.288 e. The first kappa shape index (κ1) is 19.3. The largest absolute Gasteiger partial charge is 0.288 e. The number of hydrogen-bond acceptors (Lipinski definition) is 1. The van der Waals surface area contributed by atoms with Crippen LogP contribution in [0.15, 0.2) is 24.3 Å². The maximum atomic E-state index is 13.0. The molecule has 1 aliphatic rings. The third-order valence-corrected chi connectivity index (χ3v) is 7.22. The Labute approximate surface area is 140 Å². The lowest BCUT2D eigenvalue weighted by Crippen LogP contribution is -2.45. The summed E-state index contributed by atoms with van der Waals surface area (Å²) in [4.78, 5) is 13.0. The van der Waals surface area contributed by atoms with Crippen molar-refractivity contribution in [1.82, 2.24) is 0 Å². The van der Waals surface area contributed by atoms with E-state index < -0.39 is 0 Å². The van der Waals surface area contributed by atoms with Crippen molar-refractivity contribution >= 4 is 16.7 Å². The lowest BCUT2D eigenvalue weighted by atomic mass is 9.87. The number of benzene rings is 1. The van der Waals surface area contributed by atoms with E-state index in [1.54, 1.807) is 0 Å². The summed E-state index contributed by atoms with van der Waals surface area (Å²) in [6.07, 6.45) is 3.95. The zero-order valence-corrected chi connectivity index (χ0v) is 16.1. The molecule has 1 saturated heterocycles. The molecule has 2 rings (SSSR count). The van der Waals surface area contributed by atoms with E-state index in [4.69, 9.17) is 0 Å². The number of Topliss-reactive ketones (excluding diaryl/α,β-unsaturated/α-hetero) is 1. The van der Waals surface area contributed by atoms with Gasteiger partial charge in [-0.1, -0.05) is 64.4 Å².